The van der Waals surface area contributed by atoms with Crippen LogP contribution in [0.2, 0.25) is 0 Å². The van der Waals surface area contributed by atoms with Gasteiger partial charge in [-0.2, -0.15) is 0 Å². The minimum absolute atomic E-state index is 0.861. The fourth-order valence-electron chi connectivity index (χ4n) is 6.71. The molecule has 0 aliphatic heterocycles. The lowest BCUT2D eigenvalue weighted by atomic mass is 9.84. The van der Waals surface area contributed by atoms with Crippen molar-refractivity contribution >= 4 is 65.2 Å². The average molecular weight is 522 g/mol. The van der Waals surface area contributed by atoms with Gasteiger partial charge in [0.2, 0.25) is 0 Å². The molecule has 2 heteroatoms. The highest BCUT2D eigenvalue weighted by molar-refractivity contribution is 6.26. The molecule has 0 N–H and O–H groups in total. The van der Waals surface area contributed by atoms with Crippen LogP contribution >= 0.6 is 0 Å². The SMILES string of the molecule is c1cnc2cc3oc4c(-c5c6ccccc6c(-c6cccc7ccccc67)c6ccccc56)cccc4c3cc2c1. The number of hydrogen-bond acceptors (Lipinski definition) is 2. The van der Waals surface area contributed by atoms with E-state index in [4.69, 9.17) is 4.42 Å². The van der Waals surface area contributed by atoms with Crippen molar-refractivity contribution in [1.29, 1.82) is 0 Å². The van der Waals surface area contributed by atoms with E-state index in [0.717, 1.165) is 38.4 Å². The number of hydrogen-bond donors (Lipinski definition) is 0. The highest BCUT2D eigenvalue weighted by Gasteiger charge is 2.21. The van der Waals surface area contributed by atoms with Crippen molar-refractivity contribution < 1.29 is 4.42 Å². The molecule has 9 rings (SSSR count). The summed E-state index contributed by atoms with van der Waals surface area (Å²) in [5.74, 6) is 0. The first-order valence-corrected chi connectivity index (χ1v) is 14.0. The van der Waals surface area contributed by atoms with Crippen LogP contribution in [0.15, 0.2) is 144 Å². The van der Waals surface area contributed by atoms with Crippen molar-refractivity contribution in [3.05, 3.63) is 140 Å². The van der Waals surface area contributed by atoms with E-state index in [2.05, 4.69) is 132 Å². The van der Waals surface area contributed by atoms with Gasteiger partial charge in [0.25, 0.3) is 0 Å². The normalized spacial score (nSPS) is 11.9. The van der Waals surface area contributed by atoms with Gasteiger partial charge in [0.05, 0.1) is 5.52 Å². The fourth-order valence-corrected chi connectivity index (χ4v) is 6.71. The van der Waals surface area contributed by atoms with E-state index in [1.165, 1.54) is 49.0 Å². The molecule has 7 aromatic carbocycles. The van der Waals surface area contributed by atoms with Gasteiger partial charge < -0.3 is 4.42 Å². The maximum atomic E-state index is 6.68. The molecule has 0 spiro atoms. The first-order chi connectivity index (χ1) is 20.3. The maximum Gasteiger partial charge on any atom is 0.143 e. The Labute approximate surface area is 236 Å². The van der Waals surface area contributed by atoms with E-state index in [0.29, 0.717) is 0 Å². The molecule has 41 heavy (non-hydrogen) atoms. The summed E-state index contributed by atoms with van der Waals surface area (Å²) in [4.78, 5) is 4.56. The second kappa shape index (κ2) is 8.51. The Balaban J connectivity index is 1.44. The lowest BCUT2D eigenvalue weighted by Crippen LogP contribution is -1.91. The van der Waals surface area contributed by atoms with Gasteiger partial charge >= 0.3 is 0 Å². The van der Waals surface area contributed by atoms with Crippen LogP contribution in [0.1, 0.15) is 0 Å². The van der Waals surface area contributed by atoms with Crippen molar-refractivity contribution in [2.75, 3.05) is 0 Å². The van der Waals surface area contributed by atoms with E-state index in [1.807, 2.05) is 12.3 Å². The minimum atomic E-state index is 0.861. The lowest BCUT2D eigenvalue weighted by molar-refractivity contribution is 0.670. The number of rotatable bonds is 2. The van der Waals surface area contributed by atoms with Gasteiger partial charge in [-0.15, -0.1) is 0 Å². The molecule has 0 radical (unpaired) electrons. The summed E-state index contributed by atoms with van der Waals surface area (Å²) in [5, 5.41) is 10.8. The third-order valence-corrected chi connectivity index (χ3v) is 8.48. The molecule has 0 saturated carbocycles. The number of pyridine rings is 1. The standard InChI is InChI=1S/C39H23NO/c1-2-13-26-24(10-1)11-7-18-27(26)37-28-14-3-5-16-30(28)38(31-17-6-4-15-29(31)37)33-20-8-19-32-34-22-25-12-9-21-40-35(25)23-36(34)41-39(32)33/h1-23H. The first kappa shape index (κ1) is 22.4. The number of furan rings is 1. The summed E-state index contributed by atoms with van der Waals surface area (Å²) in [6.45, 7) is 0. The summed E-state index contributed by atoms with van der Waals surface area (Å²) in [6.07, 6.45) is 1.83. The molecular weight excluding hydrogens is 498 g/mol. The van der Waals surface area contributed by atoms with Crippen LogP contribution in [0.25, 0.3) is 87.4 Å². The van der Waals surface area contributed by atoms with E-state index >= 15 is 0 Å². The maximum absolute atomic E-state index is 6.68. The van der Waals surface area contributed by atoms with Gasteiger partial charge in [0.15, 0.2) is 0 Å². The molecule has 190 valence electrons. The van der Waals surface area contributed by atoms with Crippen molar-refractivity contribution in [2.24, 2.45) is 0 Å². The molecule has 0 unspecified atom stereocenters. The molecule has 2 heterocycles. The van der Waals surface area contributed by atoms with E-state index in [1.54, 1.807) is 0 Å². The van der Waals surface area contributed by atoms with Crippen molar-refractivity contribution in [3.8, 4) is 22.3 Å². The molecule has 2 nitrogen and oxygen atoms in total. The van der Waals surface area contributed by atoms with Gasteiger partial charge in [0, 0.05) is 39.5 Å². The van der Waals surface area contributed by atoms with Crippen LogP contribution in [0.3, 0.4) is 0 Å². The van der Waals surface area contributed by atoms with Crippen molar-refractivity contribution in [1.82, 2.24) is 4.98 Å². The Morgan fingerprint density at radius 2 is 0.976 bits per heavy atom. The number of para-hydroxylation sites is 1. The first-order valence-electron chi connectivity index (χ1n) is 14.0. The van der Waals surface area contributed by atoms with E-state index < -0.39 is 0 Å². The van der Waals surface area contributed by atoms with Crippen molar-refractivity contribution in [2.45, 2.75) is 0 Å². The van der Waals surface area contributed by atoms with Crippen LogP contribution in [0.4, 0.5) is 0 Å². The van der Waals surface area contributed by atoms with Gasteiger partial charge in [0.1, 0.15) is 11.2 Å². The second-order valence-corrected chi connectivity index (χ2v) is 10.7. The molecule has 2 aromatic heterocycles. The van der Waals surface area contributed by atoms with Crippen LogP contribution in [0, 0.1) is 0 Å². The monoisotopic (exact) mass is 521 g/mol. The number of fused-ring (bicyclic) bond motifs is 7. The molecular formula is C39H23NO. The zero-order valence-corrected chi connectivity index (χ0v) is 22.1. The van der Waals surface area contributed by atoms with Crippen molar-refractivity contribution in [3.63, 3.8) is 0 Å². The Kier molecular flexibility index (Phi) is 4.64. The molecule has 0 aliphatic rings. The third kappa shape index (κ3) is 3.22. The van der Waals surface area contributed by atoms with Gasteiger partial charge in [-0.05, 0) is 55.6 Å². The summed E-state index contributed by atoms with van der Waals surface area (Å²) >= 11 is 0. The molecule has 0 atom stereocenters. The van der Waals surface area contributed by atoms with Crippen LogP contribution in [-0.2, 0) is 0 Å². The molecule has 0 aliphatic carbocycles. The predicted octanol–water partition coefficient (Wildman–Crippen LogP) is 10.9. The predicted molar refractivity (Wildman–Crippen MR) is 172 cm³/mol. The smallest absolute Gasteiger partial charge is 0.143 e. The topological polar surface area (TPSA) is 26.0 Å². The van der Waals surface area contributed by atoms with Gasteiger partial charge in [-0.1, -0.05) is 115 Å². The van der Waals surface area contributed by atoms with Crippen LogP contribution < -0.4 is 0 Å². The van der Waals surface area contributed by atoms with Crippen LogP contribution in [-0.4, -0.2) is 4.98 Å². The van der Waals surface area contributed by atoms with E-state index in [9.17, 15) is 0 Å². The van der Waals surface area contributed by atoms with Crippen LogP contribution in [0.5, 0.6) is 0 Å². The Morgan fingerprint density at radius 3 is 1.73 bits per heavy atom. The molecule has 9 aromatic rings. The molecule has 0 amide bonds. The Hall–Kier alpha value is -5.47. The largest absolute Gasteiger partial charge is 0.455 e. The third-order valence-electron chi connectivity index (χ3n) is 8.48. The van der Waals surface area contributed by atoms with E-state index in [-0.39, 0.29) is 0 Å². The summed E-state index contributed by atoms with van der Waals surface area (Å²) in [7, 11) is 0. The summed E-state index contributed by atoms with van der Waals surface area (Å²) in [5.41, 5.74) is 7.54. The Morgan fingerprint density at radius 1 is 0.415 bits per heavy atom. The highest BCUT2D eigenvalue weighted by atomic mass is 16.3. The number of aromatic nitrogens is 1. The minimum Gasteiger partial charge on any atom is -0.455 e. The lowest BCUT2D eigenvalue weighted by Gasteiger charge is -2.18. The zero-order valence-electron chi connectivity index (χ0n) is 22.1. The quantitative estimate of drug-likeness (QED) is 0.211. The van der Waals surface area contributed by atoms with Gasteiger partial charge in [-0.3, -0.25) is 4.98 Å². The Bertz CT molecular complexity index is 2420. The average Bonchev–Trinajstić information content (AvgIpc) is 3.40. The molecule has 0 fully saturated rings. The van der Waals surface area contributed by atoms with Gasteiger partial charge in [-0.25, -0.2) is 0 Å². The number of benzene rings is 7. The summed E-state index contributed by atoms with van der Waals surface area (Å²) in [6, 6.07) is 47.8. The fraction of sp³-hybridized carbons (Fsp3) is 0. The zero-order chi connectivity index (χ0) is 26.9. The second-order valence-electron chi connectivity index (χ2n) is 10.7. The molecule has 0 saturated heterocycles. The molecule has 0 bridgehead atoms. The highest BCUT2D eigenvalue weighted by Crippen LogP contribution is 2.47. The number of nitrogens with zero attached hydrogens (tertiary/aromatic N) is 1. The summed E-state index contributed by atoms with van der Waals surface area (Å²) < 4.78 is 6.68.